The van der Waals surface area contributed by atoms with Gasteiger partial charge in [0.05, 0.1) is 12.2 Å². The Labute approximate surface area is 188 Å². The van der Waals surface area contributed by atoms with Crippen molar-refractivity contribution >= 4 is 55.4 Å². The first-order valence-corrected chi connectivity index (χ1v) is 11.9. The van der Waals surface area contributed by atoms with E-state index in [1.807, 2.05) is 19.2 Å². The van der Waals surface area contributed by atoms with Gasteiger partial charge in [0.15, 0.2) is 0 Å². The molecule has 14 heteroatoms. The Hall–Kier alpha value is -2.40. The molecule has 0 fully saturated rings. The number of carbonyl (C=O) groups is 6. The van der Waals surface area contributed by atoms with Crippen molar-refractivity contribution < 1.29 is 40.4 Å². The normalized spacial score (nSPS) is 11.6. The zero-order valence-electron chi connectivity index (χ0n) is 17.7. The molecule has 6 N–H and O–H groups in total. The van der Waals surface area contributed by atoms with Crippen LogP contribution < -0.4 is 21.3 Å². The minimum atomic E-state index is -1.53. The largest absolute Gasteiger partial charge is 0.481 e. The second-order valence-electron chi connectivity index (χ2n) is 5.77. The summed E-state index contributed by atoms with van der Waals surface area (Å²) in [7, 11) is 3.73. The number of rotatable bonds is 14. The molecule has 0 aromatic rings. The lowest BCUT2D eigenvalue weighted by Crippen LogP contribution is -2.54. The van der Waals surface area contributed by atoms with Crippen LogP contribution in [0.4, 0.5) is 0 Å². The Morgan fingerprint density at radius 3 is 2.03 bits per heavy atom. The van der Waals surface area contributed by atoms with Crippen molar-refractivity contribution in [3.8, 4) is 0 Å². The van der Waals surface area contributed by atoms with Gasteiger partial charge in [0, 0.05) is 14.9 Å². The van der Waals surface area contributed by atoms with Crippen molar-refractivity contribution in [2.75, 3.05) is 19.3 Å². The summed E-state index contributed by atoms with van der Waals surface area (Å²) in [6.07, 6.45) is -0.354. The molecule has 3 unspecified atom stereocenters. The predicted octanol–water partition coefficient (Wildman–Crippen LogP) is -0.657. The van der Waals surface area contributed by atoms with E-state index in [4.69, 9.17) is 10.2 Å². The van der Waals surface area contributed by atoms with Crippen LogP contribution in [0.2, 0.25) is 0 Å². The molecule has 0 aromatic heterocycles. The second-order valence-corrected chi connectivity index (χ2v) is 7.39. The minimum absolute atomic E-state index is 0. The molecule has 0 heterocycles. The highest BCUT2D eigenvalue weighted by molar-refractivity contribution is 8.44. The van der Waals surface area contributed by atoms with Crippen molar-refractivity contribution in [3.05, 3.63) is 0 Å². The molecule has 0 spiro atoms. The van der Waals surface area contributed by atoms with Crippen LogP contribution in [0.15, 0.2) is 0 Å². The molecule has 0 aromatic carbocycles. The lowest BCUT2D eigenvalue weighted by molar-refractivity contribution is -0.141. The van der Waals surface area contributed by atoms with E-state index in [1.54, 1.807) is 0 Å². The summed E-state index contributed by atoms with van der Waals surface area (Å²) in [6.45, 7) is 3.25. The first kappa shape index (κ1) is 30.8. The van der Waals surface area contributed by atoms with Crippen LogP contribution in [0.25, 0.3) is 0 Å². The molecular formula is C17H33N4O8PS. The van der Waals surface area contributed by atoms with E-state index in [2.05, 4.69) is 24.4 Å². The molecule has 31 heavy (non-hydrogen) atoms. The molecule has 12 nitrogen and oxygen atoms in total. The van der Waals surface area contributed by atoms with Crippen molar-refractivity contribution in [3.63, 3.8) is 0 Å². The van der Waals surface area contributed by atoms with Crippen LogP contribution >= 0.6 is 19.8 Å². The van der Waals surface area contributed by atoms with E-state index < -0.39 is 54.7 Å². The number of carbonyl (C=O) groups excluding carboxylic acids is 4. The van der Waals surface area contributed by atoms with Crippen LogP contribution in [0.3, 0.4) is 0 Å². The van der Waals surface area contributed by atoms with Gasteiger partial charge in [-0.25, -0.2) is 0 Å². The first-order valence-electron chi connectivity index (χ1n) is 9.44. The van der Waals surface area contributed by atoms with E-state index in [0.29, 0.717) is 0 Å². The molecule has 0 aliphatic heterocycles. The highest BCUT2D eigenvalue weighted by Crippen LogP contribution is 2.10. The van der Waals surface area contributed by atoms with Gasteiger partial charge >= 0.3 is 11.9 Å². The fraction of sp³-hybridized carbons (Fsp3) is 0.647. The maximum absolute atomic E-state index is 12.5. The molecule has 0 radical (unpaired) electrons. The molecule has 4 amide bonds. The summed E-state index contributed by atoms with van der Waals surface area (Å²) in [5.41, 5.74) is 0. The third-order valence-corrected chi connectivity index (χ3v) is 4.40. The monoisotopic (exact) mass is 486 g/mol. The SMILES string of the molecule is CC.CNC(=O)CCCC(NC(=O)CSP)C(=O)NC(CC(=O)O)C(=O)NCC(=O)O.[3HH]. The molecule has 0 saturated carbocycles. The zero-order valence-corrected chi connectivity index (χ0v) is 19.7. The van der Waals surface area contributed by atoms with Gasteiger partial charge in [-0.3, -0.25) is 28.8 Å². The van der Waals surface area contributed by atoms with Gasteiger partial charge in [-0.05, 0) is 12.8 Å². The molecule has 0 aliphatic carbocycles. The standard InChI is InChI=1S/C15H25N4O8PS.C2H6.H2/c1-16-10(20)4-2-3-8(18-11(21)7-29-28)15(27)19-9(5-12(22)23)14(26)17-6-13(24)25;1-2;/h8-9H,2-7,28H2,1H3,(H,16,20)(H,17,26)(H,18,21)(H,19,27)(H,22,23)(H,24,25);1-2H3;1H/i;;1+2. The van der Waals surface area contributed by atoms with E-state index >= 15 is 0 Å². The van der Waals surface area contributed by atoms with Crippen LogP contribution in [0.1, 0.15) is 41.0 Å². The lowest BCUT2D eigenvalue weighted by Gasteiger charge is -2.22. The number of carboxylic acids is 2. The summed E-state index contributed by atoms with van der Waals surface area (Å²) in [4.78, 5) is 69.3. The van der Waals surface area contributed by atoms with Crippen LogP contribution in [0.5, 0.6) is 0 Å². The maximum atomic E-state index is 12.5. The topological polar surface area (TPSA) is 191 Å². The maximum Gasteiger partial charge on any atom is 0.322 e. The quantitative estimate of drug-likeness (QED) is 0.173. The fourth-order valence-corrected chi connectivity index (χ4v) is 2.80. The Balaban J connectivity index is -0.00000272. The Kier molecular flexibility index (Phi) is 18.3. The zero-order chi connectivity index (χ0) is 24.4. The van der Waals surface area contributed by atoms with Gasteiger partial charge in [-0.15, -0.1) is 11.4 Å². The van der Waals surface area contributed by atoms with Gasteiger partial charge in [0.25, 0.3) is 0 Å². The van der Waals surface area contributed by atoms with Crippen LogP contribution in [-0.4, -0.2) is 77.2 Å². The first-order chi connectivity index (χ1) is 14.6. The average Bonchev–Trinajstić information content (AvgIpc) is 2.71. The summed E-state index contributed by atoms with van der Waals surface area (Å²) in [5, 5.41) is 26.7. The summed E-state index contributed by atoms with van der Waals surface area (Å²) < 4.78 is 0. The Bertz CT molecular complexity index is 642. The molecule has 0 aliphatic rings. The van der Waals surface area contributed by atoms with Crippen molar-refractivity contribution in [1.29, 1.82) is 0 Å². The van der Waals surface area contributed by atoms with E-state index in [9.17, 15) is 28.8 Å². The molecular weight excluding hydrogens is 451 g/mol. The van der Waals surface area contributed by atoms with Gasteiger partial charge < -0.3 is 31.5 Å². The summed E-state index contributed by atoms with van der Waals surface area (Å²) in [5.74, 6) is -5.21. The highest BCUT2D eigenvalue weighted by Gasteiger charge is 2.28. The lowest BCUT2D eigenvalue weighted by atomic mass is 10.1. The predicted molar refractivity (Wildman–Crippen MR) is 120 cm³/mol. The molecule has 0 saturated heterocycles. The van der Waals surface area contributed by atoms with Gasteiger partial charge in [0.2, 0.25) is 23.6 Å². The van der Waals surface area contributed by atoms with Crippen molar-refractivity contribution in [1.82, 2.24) is 21.3 Å². The molecule has 0 rings (SSSR count). The number of nitrogens with one attached hydrogen (secondary N) is 4. The summed E-state index contributed by atoms with van der Waals surface area (Å²) in [6, 6.07) is -2.64. The number of hydrogen-bond acceptors (Lipinski definition) is 7. The van der Waals surface area contributed by atoms with Crippen LogP contribution in [-0.2, 0) is 28.8 Å². The van der Waals surface area contributed by atoms with E-state index in [1.165, 1.54) is 7.05 Å². The number of aliphatic carboxylic acids is 2. The van der Waals surface area contributed by atoms with Crippen LogP contribution in [0, 0.1) is 0 Å². The van der Waals surface area contributed by atoms with Crippen molar-refractivity contribution in [2.24, 2.45) is 0 Å². The third kappa shape index (κ3) is 16.0. The smallest absolute Gasteiger partial charge is 0.322 e. The second kappa shape index (κ2) is 18.4. The number of amides is 4. The van der Waals surface area contributed by atoms with Crippen molar-refractivity contribution in [2.45, 2.75) is 51.6 Å². The Morgan fingerprint density at radius 2 is 1.55 bits per heavy atom. The van der Waals surface area contributed by atoms with Gasteiger partial charge in [0.1, 0.15) is 18.6 Å². The van der Waals surface area contributed by atoms with E-state index in [0.717, 1.165) is 11.4 Å². The number of carboxylic acid groups (broad SMARTS) is 2. The average molecular weight is 487 g/mol. The van der Waals surface area contributed by atoms with Gasteiger partial charge in [-0.1, -0.05) is 22.3 Å². The molecule has 3 atom stereocenters. The Morgan fingerprint density at radius 1 is 0.935 bits per heavy atom. The van der Waals surface area contributed by atoms with E-state index in [-0.39, 0.29) is 32.3 Å². The minimum Gasteiger partial charge on any atom is -0.481 e. The summed E-state index contributed by atoms with van der Waals surface area (Å²) >= 11 is 1.14. The highest BCUT2D eigenvalue weighted by atomic mass is 32.7. The fourth-order valence-electron chi connectivity index (χ4n) is 2.11. The molecule has 0 bridgehead atoms. The van der Waals surface area contributed by atoms with Gasteiger partial charge in [-0.2, -0.15) is 0 Å². The number of hydrogen-bond donors (Lipinski definition) is 6. The third-order valence-electron chi connectivity index (χ3n) is 3.47. The molecule has 180 valence electrons.